The highest BCUT2D eigenvalue weighted by molar-refractivity contribution is 7.91. The molecule has 2 rings (SSSR count). The lowest BCUT2D eigenvalue weighted by molar-refractivity contribution is 0.297. The third kappa shape index (κ3) is 3.49. The van der Waals surface area contributed by atoms with E-state index in [4.69, 9.17) is 0 Å². The number of sulfone groups is 1. The van der Waals surface area contributed by atoms with E-state index in [1.165, 1.54) is 0 Å². The zero-order valence-electron chi connectivity index (χ0n) is 13.7. The smallest absolute Gasteiger partial charge is 0.158 e. The van der Waals surface area contributed by atoms with Gasteiger partial charge in [0.25, 0.3) is 0 Å². The fraction of sp³-hybridized carbons (Fsp3) is 0.647. The summed E-state index contributed by atoms with van der Waals surface area (Å²) in [5.74, 6) is 0.147. The second-order valence-corrected chi connectivity index (χ2v) is 9.36. The topological polar surface area (TPSA) is 46.2 Å². The van der Waals surface area contributed by atoms with Crippen molar-refractivity contribution in [1.82, 2.24) is 5.32 Å². The van der Waals surface area contributed by atoms with Crippen molar-refractivity contribution in [1.29, 1.82) is 0 Å². The average molecular weight is 309 g/mol. The molecule has 1 aliphatic rings. The van der Waals surface area contributed by atoms with Crippen LogP contribution in [0.4, 0.5) is 0 Å². The lowest BCUT2D eigenvalue weighted by Crippen LogP contribution is -2.46. The number of aryl methyl sites for hydroxylation is 2. The Balaban J connectivity index is 2.26. The maximum Gasteiger partial charge on any atom is 0.158 e. The summed E-state index contributed by atoms with van der Waals surface area (Å²) in [7, 11) is -1.27. The SMILES string of the molecule is CNC1C(S(=O)(=O)Cc2cc(C)cc(C)c2)CCC1(C)C. The first-order chi connectivity index (χ1) is 9.65. The Labute approximate surface area is 129 Å². The van der Waals surface area contributed by atoms with Gasteiger partial charge in [0.2, 0.25) is 0 Å². The predicted molar refractivity (Wildman–Crippen MR) is 88.2 cm³/mol. The van der Waals surface area contributed by atoms with E-state index in [2.05, 4.69) is 25.2 Å². The third-order valence-electron chi connectivity index (χ3n) is 4.71. The monoisotopic (exact) mass is 309 g/mol. The van der Waals surface area contributed by atoms with Crippen molar-refractivity contribution in [2.24, 2.45) is 5.41 Å². The molecule has 3 nitrogen and oxygen atoms in total. The van der Waals surface area contributed by atoms with Gasteiger partial charge in [0.05, 0.1) is 11.0 Å². The minimum absolute atomic E-state index is 0.0356. The molecule has 0 amide bonds. The highest BCUT2D eigenvalue weighted by atomic mass is 32.2. The second-order valence-electron chi connectivity index (χ2n) is 7.14. The van der Waals surface area contributed by atoms with Crippen LogP contribution in [0.1, 0.15) is 43.4 Å². The molecule has 2 atom stereocenters. The van der Waals surface area contributed by atoms with E-state index in [1.807, 2.05) is 33.0 Å². The first-order valence-corrected chi connectivity index (χ1v) is 9.33. The number of rotatable bonds is 4. The molecule has 0 aliphatic heterocycles. The minimum atomic E-state index is -3.14. The summed E-state index contributed by atoms with van der Waals surface area (Å²) >= 11 is 0. The van der Waals surface area contributed by atoms with Gasteiger partial charge in [-0.3, -0.25) is 0 Å². The molecule has 1 aromatic rings. The quantitative estimate of drug-likeness (QED) is 0.930. The minimum Gasteiger partial charge on any atom is -0.315 e. The van der Waals surface area contributed by atoms with E-state index in [9.17, 15) is 8.42 Å². The van der Waals surface area contributed by atoms with Gasteiger partial charge in [-0.15, -0.1) is 0 Å². The second kappa shape index (κ2) is 5.73. The number of benzene rings is 1. The summed E-state index contributed by atoms with van der Waals surface area (Å²) in [5.41, 5.74) is 3.19. The van der Waals surface area contributed by atoms with E-state index in [1.54, 1.807) is 0 Å². The van der Waals surface area contributed by atoms with Crippen LogP contribution in [0.3, 0.4) is 0 Å². The molecule has 21 heavy (non-hydrogen) atoms. The number of nitrogens with one attached hydrogen (secondary N) is 1. The van der Waals surface area contributed by atoms with Crippen molar-refractivity contribution in [2.45, 2.75) is 57.6 Å². The first kappa shape index (κ1) is 16.5. The summed E-state index contributed by atoms with van der Waals surface area (Å²) in [5, 5.41) is 2.96. The van der Waals surface area contributed by atoms with E-state index in [0.29, 0.717) is 0 Å². The van der Waals surface area contributed by atoms with Crippen molar-refractivity contribution >= 4 is 9.84 Å². The van der Waals surface area contributed by atoms with Crippen LogP contribution in [0.2, 0.25) is 0 Å². The van der Waals surface area contributed by atoms with Gasteiger partial charge < -0.3 is 5.32 Å². The molecule has 118 valence electrons. The first-order valence-electron chi connectivity index (χ1n) is 7.62. The van der Waals surface area contributed by atoms with Crippen LogP contribution in [0.5, 0.6) is 0 Å². The highest BCUT2D eigenvalue weighted by Gasteiger charge is 2.46. The van der Waals surface area contributed by atoms with Crippen LogP contribution in [0, 0.1) is 19.3 Å². The molecule has 0 saturated heterocycles. The largest absolute Gasteiger partial charge is 0.315 e. The van der Waals surface area contributed by atoms with Crippen LogP contribution < -0.4 is 5.32 Å². The van der Waals surface area contributed by atoms with Gasteiger partial charge in [0, 0.05) is 6.04 Å². The Kier molecular flexibility index (Phi) is 4.50. The van der Waals surface area contributed by atoms with Crippen LogP contribution >= 0.6 is 0 Å². The zero-order chi connectivity index (χ0) is 15.8. The summed E-state index contributed by atoms with van der Waals surface area (Å²) < 4.78 is 25.7. The zero-order valence-corrected chi connectivity index (χ0v) is 14.5. The Morgan fingerprint density at radius 1 is 1.19 bits per heavy atom. The summed E-state index contributed by atoms with van der Waals surface area (Å²) in [6, 6.07) is 6.08. The Morgan fingerprint density at radius 3 is 2.29 bits per heavy atom. The molecule has 0 bridgehead atoms. The van der Waals surface area contributed by atoms with Gasteiger partial charge in [-0.1, -0.05) is 43.2 Å². The Bertz CT molecular complexity index is 599. The lowest BCUT2D eigenvalue weighted by Gasteiger charge is -2.30. The molecular weight excluding hydrogens is 282 g/mol. The van der Waals surface area contributed by atoms with E-state index < -0.39 is 9.84 Å². The molecule has 0 heterocycles. The normalized spacial score (nSPS) is 25.2. The van der Waals surface area contributed by atoms with Crippen LogP contribution in [-0.4, -0.2) is 26.8 Å². The van der Waals surface area contributed by atoms with Gasteiger partial charge in [-0.05, 0) is 44.7 Å². The summed E-state index contributed by atoms with van der Waals surface area (Å²) in [6.07, 6.45) is 1.71. The van der Waals surface area contributed by atoms with Gasteiger partial charge in [0.1, 0.15) is 0 Å². The molecule has 1 saturated carbocycles. The van der Waals surface area contributed by atoms with Crippen molar-refractivity contribution in [3.8, 4) is 0 Å². The molecule has 1 aliphatic carbocycles. The van der Waals surface area contributed by atoms with Gasteiger partial charge >= 0.3 is 0 Å². The van der Waals surface area contributed by atoms with Crippen molar-refractivity contribution < 1.29 is 8.42 Å². The average Bonchev–Trinajstić information content (AvgIpc) is 2.62. The van der Waals surface area contributed by atoms with E-state index >= 15 is 0 Å². The molecular formula is C17H27NO2S. The van der Waals surface area contributed by atoms with Crippen LogP contribution in [-0.2, 0) is 15.6 Å². The molecule has 1 aromatic carbocycles. The molecule has 4 heteroatoms. The highest BCUT2D eigenvalue weighted by Crippen LogP contribution is 2.41. The molecule has 1 N–H and O–H groups in total. The lowest BCUT2D eigenvalue weighted by atomic mass is 9.87. The van der Waals surface area contributed by atoms with Gasteiger partial charge in [-0.25, -0.2) is 8.42 Å². The predicted octanol–water partition coefficient (Wildman–Crippen LogP) is 2.99. The van der Waals surface area contributed by atoms with Gasteiger partial charge in [-0.2, -0.15) is 0 Å². The molecule has 2 unspecified atom stereocenters. The van der Waals surface area contributed by atoms with Crippen molar-refractivity contribution in [2.75, 3.05) is 7.05 Å². The molecule has 0 aromatic heterocycles. The number of hydrogen-bond acceptors (Lipinski definition) is 3. The molecule has 1 fully saturated rings. The third-order valence-corrected chi connectivity index (χ3v) is 6.87. The maximum atomic E-state index is 12.8. The van der Waals surface area contributed by atoms with Crippen molar-refractivity contribution in [3.05, 3.63) is 34.9 Å². The fourth-order valence-electron chi connectivity index (χ4n) is 3.79. The Hall–Kier alpha value is -0.870. The Morgan fingerprint density at radius 2 is 1.76 bits per heavy atom. The van der Waals surface area contributed by atoms with Crippen LogP contribution in [0.15, 0.2) is 18.2 Å². The summed E-state index contributed by atoms with van der Waals surface area (Å²) in [6.45, 7) is 8.33. The van der Waals surface area contributed by atoms with Gasteiger partial charge in [0.15, 0.2) is 9.84 Å². The standard InChI is InChI=1S/C17H27NO2S/c1-12-8-13(2)10-14(9-12)11-21(19,20)15-6-7-17(3,4)16(15)18-5/h8-10,15-16,18H,6-7,11H2,1-5H3. The molecule has 0 spiro atoms. The van der Waals surface area contributed by atoms with Crippen molar-refractivity contribution in [3.63, 3.8) is 0 Å². The van der Waals surface area contributed by atoms with Crippen LogP contribution in [0.25, 0.3) is 0 Å². The van der Waals surface area contributed by atoms with E-state index in [0.717, 1.165) is 29.5 Å². The summed E-state index contributed by atoms with van der Waals surface area (Å²) in [4.78, 5) is 0. The fourth-order valence-corrected chi connectivity index (χ4v) is 6.04. The van der Waals surface area contributed by atoms with E-state index in [-0.39, 0.29) is 22.5 Å². The maximum absolute atomic E-state index is 12.8. The number of hydrogen-bond donors (Lipinski definition) is 1. The molecule has 0 radical (unpaired) electrons.